The fraction of sp³-hybridized carbons (Fsp3) is 0.400. The van der Waals surface area contributed by atoms with Crippen molar-refractivity contribution in [2.75, 3.05) is 0 Å². The van der Waals surface area contributed by atoms with Gasteiger partial charge in [0.2, 0.25) is 0 Å². The number of thiazole rings is 1. The van der Waals surface area contributed by atoms with Gasteiger partial charge in [-0.05, 0) is 24.6 Å². The molecule has 2 rings (SSSR count). The minimum Gasteiger partial charge on any atom is -0.389 e. The van der Waals surface area contributed by atoms with Crippen molar-refractivity contribution in [3.8, 4) is 0 Å². The van der Waals surface area contributed by atoms with Gasteiger partial charge in [0.15, 0.2) is 0 Å². The Labute approximate surface area is 122 Å². The molecule has 0 spiro atoms. The minimum atomic E-state index is -0.410. The van der Waals surface area contributed by atoms with Crippen LogP contribution in [0.15, 0.2) is 34.5 Å². The van der Waals surface area contributed by atoms with Crippen LogP contribution in [0.5, 0.6) is 0 Å². The van der Waals surface area contributed by atoms with Gasteiger partial charge >= 0.3 is 0 Å². The molecule has 19 heavy (non-hydrogen) atoms. The van der Waals surface area contributed by atoms with Crippen molar-refractivity contribution in [3.05, 3.63) is 45.9 Å². The van der Waals surface area contributed by atoms with Crippen LogP contribution in [0.4, 0.5) is 0 Å². The van der Waals surface area contributed by atoms with Crippen LogP contribution in [0.25, 0.3) is 0 Å². The fourth-order valence-electron chi connectivity index (χ4n) is 1.68. The number of aromatic nitrogens is 1. The Balaban J connectivity index is 1.99. The van der Waals surface area contributed by atoms with Gasteiger partial charge in [-0.25, -0.2) is 4.98 Å². The monoisotopic (exact) mass is 293 g/mol. The highest BCUT2D eigenvalue weighted by molar-refractivity contribution is 7.98. The van der Waals surface area contributed by atoms with Crippen LogP contribution in [0.3, 0.4) is 0 Å². The average Bonchev–Trinajstić information content (AvgIpc) is 2.85. The second-order valence-electron chi connectivity index (χ2n) is 4.87. The normalized spacial score (nSPS) is 12.9. The van der Waals surface area contributed by atoms with Gasteiger partial charge in [-0.2, -0.15) is 0 Å². The van der Waals surface area contributed by atoms with Crippen LogP contribution in [0.2, 0.25) is 0 Å². The number of rotatable bonds is 5. The largest absolute Gasteiger partial charge is 0.389 e. The summed E-state index contributed by atoms with van der Waals surface area (Å²) in [4.78, 5) is 5.81. The lowest BCUT2D eigenvalue weighted by Gasteiger charge is -2.06. The van der Waals surface area contributed by atoms with E-state index < -0.39 is 6.10 Å². The number of thioether (sulfide) groups is 1. The van der Waals surface area contributed by atoms with Crippen molar-refractivity contribution in [1.82, 2.24) is 4.98 Å². The zero-order valence-electron chi connectivity index (χ0n) is 11.5. The minimum absolute atomic E-state index is 0.410. The predicted octanol–water partition coefficient (Wildman–Crippen LogP) is 4.61. The van der Waals surface area contributed by atoms with Gasteiger partial charge in [-0.15, -0.1) is 23.1 Å². The van der Waals surface area contributed by atoms with E-state index in [1.54, 1.807) is 30.0 Å². The molecule has 0 aliphatic rings. The molecule has 0 aliphatic carbocycles. The molecule has 4 heteroatoms. The van der Waals surface area contributed by atoms with E-state index in [-0.39, 0.29) is 0 Å². The van der Waals surface area contributed by atoms with E-state index in [0.29, 0.717) is 5.92 Å². The summed E-state index contributed by atoms with van der Waals surface area (Å²) < 4.78 is 0. The van der Waals surface area contributed by atoms with Crippen molar-refractivity contribution in [2.45, 2.75) is 43.4 Å². The molecule has 0 saturated carbocycles. The van der Waals surface area contributed by atoms with E-state index in [2.05, 4.69) is 30.3 Å². The molecule has 1 heterocycles. The molecule has 2 aromatic rings. The number of benzene rings is 1. The van der Waals surface area contributed by atoms with E-state index in [0.717, 1.165) is 17.0 Å². The molecular weight excluding hydrogens is 274 g/mol. The van der Waals surface area contributed by atoms with E-state index in [4.69, 9.17) is 0 Å². The Morgan fingerprint density at radius 2 is 2.11 bits per heavy atom. The molecule has 0 fully saturated rings. The first-order valence-electron chi connectivity index (χ1n) is 6.41. The molecule has 0 bridgehead atoms. The molecular formula is C15H19NOS2. The summed E-state index contributed by atoms with van der Waals surface area (Å²) in [7, 11) is 0. The standard InChI is InChI=1S/C15H19NOS2/c1-10(2)15-16-13(9-19-15)8-18-14-6-4-5-12(7-14)11(3)17/h4-7,9-11,17H,8H2,1-3H3. The first-order valence-corrected chi connectivity index (χ1v) is 8.28. The molecule has 0 aliphatic heterocycles. The quantitative estimate of drug-likeness (QED) is 0.817. The van der Waals surface area contributed by atoms with Gasteiger partial charge in [-0.1, -0.05) is 26.0 Å². The molecule has 1 unspecified atom stereocenters. The molecule has 0 saturated heterocycles. The third kappa shape index (κ3) is 4.06. The lowest BCUT2D eigenvalue weighted by molar-refractivity contribution is 0.199. The van der Waals surface area contributed by atoms with Crippen LogP contribution < -0.4 is 0 Å². The molecule has 2 nitrogen and oxygen atoms in total. The highest BCUT2D eigenvalue weighted by Gasteiger charge is 2.07. The van der Waals surface area contributed by atoms with Gasteiger partial charge in [0, 0.05) is 21.9 Å². The number of aliphatic hydroxyl groups is 1. The summed E-state index contributed by atoms with van der Waals surface area (Å²) in [5.41, 5.74) is 2.10. The predicted molar refractivity (Wildman–Crippen MR) is 82.8 cm³/mol. The summed E-state index contributed by atoms with van der Waals surface area (Å²) in [6.07, 6.45) is -0.410. The average molecular weight is 293 g/mol. The molecule has 1 N–H and O–H groups in total. The van der Waals surface area contributed by atoms with Crippen LogP contribution in [0.1, 0.15) is 49.1 Å². The molecule has 1 aromatic carbocycles. The number of hydrogen-bond acceptors (Lipinski definition) is 4. The van der Waals surface area contributed by atoms with Crippen LogP contribution >= 0.6 is 23.1 Å². The number of nitrogens with zero attached hydrogens (tertiary/aromatic N) is 1. The van der Waals surface area contributed by atoms with Crippen molar-refractivity contribution in [2.24, 2.45) is 0 Å². The summed E-state index contributed by atoms with van der Waals surface area (Å²) in [5.74, 6) is 1.38. The van der Waals surface area contributed by atoms with Crippen molar-refractivity contribution >= 4 is 23.1 Å². The zero-order chi connectivity index (χ0) is 13.8. The van der Waals surface area contributed by atoms with E-state index in [1.807, 2.05) is 18.2 Å². The topological polar surface area (TPSA) is 33.1 Å². The van der Waals surface area contributed by atoms with Crippen molar-refractivity contribution in [3.63, 3.8) is 0 Å². The van der Waals surface area contributed by atoms with Gasteiger partial charge in [-0.3, -0.25) is 0 Å². The van der Waals surface area contributed by atoms with Crippen molar-refractivity contribution < 1.29 is 5.11 Å². The fourth-order valence-corrected chi connectivity index (χ4v) is 3.47. The second-order valence-corrected chi connectivity index (χ2v) is 6.81. The lowest BCUT2D eigenvalue weighted by atomic mass is 10.1. The second kappa shape index (κ2) is 6.55. The molecule has 1 aromatic heterocycles. The van der Waals surface area contributed by atoms with E-state index in [1.165, 1.54) is 9.90 Å². The summed E-state index contributed by atoms with van der Waals surface area (Å²) in [5, 5.41) is 12.9. The molecule has 102 valence electrons. The highest BCUT2D eigenvalue weighted by Crippen LogP contribution is 2.27. The Bertz CT molecular complexity index is 534. The Hall–Kier alpha value is -0.840. The first kappa shape index (κ1) is 14.6. The highest BCUT2D eigenvalue weighted by atomic mass is 32.2. The van der Waals surface area contributed by atoms with Crippen molar-refractivity contribution in [1.29, 1.82) is 0 Å². The molecule has 0 radical (unpaired) electrons. The first-order chi connectivity index (χ1) is 9.06. The third-order valence-corrected chi connectivity index (χ3v) is 5.01. The van der Waals surface area contributed by atoms with Crippen LogP contribution in [-0.4, -0.2) is 10.1 Å². The number of aliphatic hydroxyl groups excluding tert-OH is 1. The van der Waals surface area contributed by atoms with Crippen LogP contribution in [-0.2, 0) is 5.75 Å². The van der Waals surface area contributed by atoms with Crippen LogP contribution in [0, 0.1) is 0 Å². The van der Waals surface area contributed by atoms with Gasteiger partial charge < -0.3 is 5.11 Å². The number of hydrogen-bond donors (Lipinski definition) is 1. The maximum absolute atomic E-state index is 9.58. The smallest absolute Gasteiger partial charge is 0.0954 e. The Morgan fingerprint density at radius 1 is 1.32 bits per heavy atom. The van der Waals surface area contributed by atoms with Gasteiger partial charge in [0.1, 0.15) is 0 Å². The lowest BCUT2D eigenvalue weighted by Crippen LogP contribution is -1.91. The van der Waals surface area contributed by atoms with E-state index >= 15 is 0 Å². The Morgan fingerprint density at radius 3 is 2.74 bits per heavy atom. The van der Waals surface area contributed by atoms with E-state index in [9.17, 15) is 5.11 Å². The SMILES string of the molecule is CC(C)c1nc(CSc2cccc(C(C)O)c2)cs1. The Kier molecular flexibility index (Phi) is 5.02. The molecule has 1 atom stereocenters. The summed E-state index contributed by atoms with van der Waals surface area (Å²) in [6.45, 7) is 6.13. The van der Waals surface area contributed by atoms with Gasteiger partial charge in [0.25, 0.3) is 0 Å². The summed E-state index contributed by atoms with van der Waals surface area (Å²) >= 11 is 3.50. The maximum atomic E-state index is 9.58. The third-order valence-electron chi connectivity index (χ3n) is 2.79. The maximum Gasteiger partial charge on any atom is 0.0954 e. The molecule has 0 amide bonds. The summed E-state index contributed by atoms with van der Waals surface area (Å²) in [6, 6.07) is 8.07. The van der Waals surface area contributed by atoms with Gasteiger partial charge in [0.05, 0.1) is 16.8 Å². The zero-order valence-corrected chi connectivity index (χ0v) is 13.1.